The first-order valence-electron chi connectivity index (χ1n) is 11.4. The van der Waals surface area contributed by atoms with E-state index in [0.29, 0.717) is 56.9 Å². The minimum absolute atomic E-state index is 0.0624. The van der Waals surface area contributed by atoms with Crippen molar-refractivity contribution in [3.63, 3.8) is 0 Å². The number of amides is 1. The molecule has 1 unspecified atom stereocenters. The SMILES string of the molecule is CCCC(=O)NC(C)c1nnc(-c2cc(S(=O)(=O)N3CCN(C)CC3)ccc2OCC)[nH]c1=O. The lowest BCUT2D eigenvalue weighted by atomic mass is 10.2. The molecule has 1 amide bonds. The monoisotopic (exact) mass is 492 g/mol. The number of nitrogens with zero attached hydrogens (tertiary/aromatic N) is 4. The van der Waals surface area contributed by atoms with Crippen LogP contribution in [0.4, 0.5) is 0 Å². The first-order valence-corrected chi connectivity index (χ1v) is 12.8. The number of aromatic nitrogens is 3. The van der Waals surface area contributed by atoms with Crippen LogP contribution in [0.2, 0.25) is 0 Å². The van der Waals surface area contributed by atoms with E-state index >= 15 is 0 Å². The summed E-state index contributed by atoms with van der Waals surface area (Å²) in [6.45, 7) is 7.78. The Morgan fingerprint density at radius 2 is 1.91 bits per heavy atom. The maximum absolute atomic E-state index is 13.2. The van der Waals surface area contributed by atoms with E-state index in [1.807, 2.05) is 14.0 Å². The molecule has 0 bridgehead atoms. The van der Waals surface area contributed by atoms with E-state index in [-0.39, 0.29) is 22.3 Å². The molecule has 1 aliphatic heterocycles. The molecule has 1 aromatic carbocycles. The molecule has 1 aliphatic rings. The van der Waals surface area contributed by atoms with Crippen LogP contribution in [-0.4, -0.2) is 78.5 Å². The van der Waals surface area contributed by atoms with Gasteiger partial charge in [0.1, 0.15) is 5.75 Å². The number of rotatable bonds is 9. The molecule has 1 fully saturated rings. The zero-order valence-electron chi connectivity index (χ0n) is 20.0. The lowest BCUT2D eigenvalue weighted by Crippen LogP contribution is -2.47. The van der Waals surface area contributed by atoms with Gasteiger partial charge in [0.2, 0.25) is 15.9 Å². The first kappa shape index (κ1) is 25.8. The highest BCUT2D eigenvalue weighted by molar-refractivity contribution is 7.89. The first-order chi connectivity index (χ1) is 16.2. The van der Waals surface area contributed by atoms with Crippen LogP contribution in [0.15, 0.2) is 27.9 Å². The zero-order valence-corrected chi connectivity index (χ0v) is 20.8. The second kappa shape index (κ2) is 11.1. The van der Waals surface area contributed by atoms with Crippen molar-refractivity contribution in [3.8, 4) is 17.1 Å². The normalized spacial score (nSPS) is 16.2. The van der Waals surface area contributed by atoms with Crippen LogP contribution in [0.1, 0.15) is 45.3 Å². The van der Waals surface area contributed by atoms with Crippen LogP contribution in [-0.2, 0) is 14.8 Å². The molecule has 186 valence electrons. The molecule has 3 rings (SSSR count). The Labute approximate surface area is 199 Å². The molecule has 0 radical (unpaired) electrons. The fraction of sp³-hybridized carbons (Fsp3) is 0.545. The predicted molar refractivity (Wildman–Crippen MR) is 127 cm³/mol. The van der Waals surface area contributed by atoms with Gasteiger partial charge in [0.15, 0.2) is 11.5 Å². The van der Waals surface area contributed by atoms with Crippen molar-refractivity contribution in [1.82, 2.24) is 29.7 Å². The van der Waals surface area contributed by atoms with E-state index in [0.717, 1.165) is 0 Å². The van der Waals surface area contributed by atoms with Crippen molar-refractivity contribution >= 4 is 15.9 Å². The maximum atomic E-state index is 13.2. The van der Waals surface area contributed by atoms with Crippen molar-refractivity contribution < 1.29 is 17.9 Å². The van der Waals surface area contributed by atoms with Crippen molar-refractivity contribution in [1.29, 1.82) is 0 Å². The Kier molecular flexibility index (Phi) is 8.39. The fourth-order valence-electron chi connectivity index (χ4n) is 3.67. The molecule has 34 heavy (non-hydrogen) atoms. The van der Waals surface area contributed by atoms with Gasteiger partial charge in [-0.1, -0.05) is 6.92 Å². The lowest BCUT2D eigenvalue weighted by Gasteiger charge is -2.31. The van der Waals surface area contributed by atoms with E-state index in [9.17, 15) is 18.0 Å². The van der Waals surface area contributed by atoms with Gasteiger partial charge in [0.25, 0.3) is 5.56 Å². The maximum Gasteiger partial charge on any atom is 0.275 e. The summed E-state index contributed by atoms with van der Waals surface area (Å²) in [6.07, 6.45) is 1.03. The van der Waals surface area contributed by atoms with Gasteiger partial charge in [-0.25, -0.2) is 8.42 Å². The molecule has 1 aromatic heterocycles. The molecule has 1 saturated heterocycles. The topological polar surface area (TPSA) is 138 Å². The summed E-state index contributed by atoms with van der Waals surface area (Å²) in [7, 11) is -1.78. The minimum atomic E-state index is -3.73. The Morgan fingerprint density at radius 1 is 1.21 bits per heavy atom. The number of ether oxygens (including phenoxy) is 1. The molecule has 1 atom stereocenters. The van der Waals surface area contributed by atoms with Crippen LogP contribution in [0, 0.1) is 0 Å². The van der Waals surface area contributed by atoms with Crippen molar-refractivity contribution in [2.24, 2.45) is 0 Å². The van der Waals surface area contributed by atoms with E-state index in [4.69, 9.17) is 4.74 Å². The summed E-state index contributed by atoms with van der Waals surface area (Å²) >= 11 is 0. The molecular formula is C22H32N6O5S. The van der Waals surface area contributed by atoms with E-state index in [1.165, 1.54) is 16.4 Å². The Balaban J connectivity index is 1.96. The van der Waals surface area contributed by atoms with Crippen molar-refractivity contribution in [3.05, 3.63) is 34.2 Å². The molecule has 0 aliphatic carbocycles. The van der Waals surface area contributed by atoms with Gasteiger partial charge in [-0.05, 0) is 45.5 Å². The van der Waals surface area contributed by atoms with Crippen LogP contribution in [0.25, 0.3) is 11.4 Å². The molecule has 2 N–H and O–H groups in total. The number of carbonyl (C=O) groups excluding carboxylic acids is 1. The summed E-state index contributed by atoms with van der Waals surface area (Å²) in [5, 5.41) is 10.9. The third-order valence-corrected chi connectivity index (χ3v) is 7.49. The van der Waals surface area contributed by atoms with Gasteiger partial charge in [-0.15, -0.1) is 10.2 Å². The summed E-state index contributed by atoms with van der Waals surface area (Å²) in [6, 6.07) is 3.88. The number of likely N-dealkylation sites (N-methyl/N-ethyl adjacent to an activating group) is 1. The fourth-order valence-corrected chi connectivity index (χ4v) is 5.12. The van der Waals surface area contributed by atoms with Crippen LogP contribution >= 0.6 is 0 Å². The van der Waals surface area contributed by atoms with E-state index < -0.39 is 21.6 Å². The largest absolute Gasteiger partial charge is 0.493 e. The smallest absolute Gasteiger partial charge is 0.275 e. The second-order valence-corrected chi connectivity index (χ2v) is 10.2. The van der Waals surface area contributed by atoms with Gasteiger partial charge in [0.05, 0.1) is 23.1 Å². The van der Waals surface area contributed by atoms with Gasteiger partial charge in [-0.3, -0.25) is 9.59 Å². The lowest BCUT2D eigenvalue weighted by molar-refractivity contribution is -0.121. The highest BCUT2D eigenvalue weighted by atomic mass is 32.2. The summed E-state index contributed by atoms with van der Waals surface area (Å²) in [5.41, 5.74) is -0.146. The standard InChI is InChI=1S/C22H32N6O5S/c1-5-7-19(29)23-15(3)20-22(30)24-21(26-25-20)17-14-16(8-9-18(17)33-6-2)34(31,32)28-12-10-27(4)11-13-28/h8-9,14-15H,5-7,10-13H2,1-4H3,(H,23,29)(H,24,26,30). The van der Waals surface area contributed by atoms with Gasteiger partial charge < -0.3 is 19.9 Å². The zero-order chi connectivity index (χ0) is 24.9. The second-order valence-electron chi connectivity index (χ2n) is 8.23. The van der Waals surface area contributed by atoms with Crippen LogP contribution in [0.3, 0.4) is 0 Å². The van der Waals surface area contributed by atoms with Gasteiger partial charge in [0, 0.05) is 32.6 Å². The molecule has 11 nitrogen and oxygen atoms in total. The average Bonchev–Trinajstić information content (AvgIpc) is 2.79. The van der Waals surface area contributed by atoms with Gasteiger partial charge >= 0.3 is 0 Å². The minimum Gasteiger partial charge on any atom is -0.493 e. The number of piperazine rings is 1. The van der Waals surface area contributed by atoms with Crippen molar-refractivity contribution in [2.45, 2.75) is 44.6 Å². The number of nitrogens with one attached hydrogen (secondary N) is 2. The number of carbonyl (C=O) groups is 1. The highest BCUT2D eigenvalue weighted by Gasteiger charge is 2.29. The Morgan fingerprint density at radius 3 is 2.53 bits per heavy atom. The third kappa shape index (κ3) is 5.80. The number of benzene rings is 1. The highest BCUT2D eigenvalue weighted by Crippen LogP contribution is 2.31. The number of H-pyrrole nitrogens is 1. The molecule has 2 heterocycles. The molecule has 2 aromatic rings. The van der Waals surface area contributed by atoms with E-state index in [2.05, 4.69) is 25.4 Å². The number of hydrogen-bond donors (Lipinski definition) is 2. The van der Waals surface area contributed by atoms with Crippen LogP contribution < -0.4 is 15.6 Å². The number of hydrogen-bond acceptors (Lipinski definition) is 8. The van der Waals surface area contributed by atoms with Crippen LogP contribution in [0.5, 0.6) is 5.75 Å². The molecule has 12 heteroatoms. The Hall–Kier alpha value is -2.83. The predicted octanol–water partition coefficient (Wildman–Crippen LogP) is 1.14. The third-order valence-electron chi connectivity index (χ3n) is 5.59. The summed E-state index contributed by atoms with van der Waals surface area (Å²) in [5.74, 6) is 0.280. The molecule has 0 saturated carbocycles. The summed E-state index contributed by atoms with van der Waals surface area (Å²) < 4.78 is 33.6. The molecular weight excluding hydrogens is 460 g/mol. The van der Waals surface area contributed by atoms with Crippen molar-refractivity contribution in [2.75, 3.05) is 39.8 Å². The summed E-state index contributed by atoms with van der Waals surface area (Å²) in [4.78, 5) is 29.4. The van der Waals surface area contributed by atoms with Gasteiger partial charge in [-0.2, -0.15) is 4.31 Å². The van der Waals surface area contributed by atoms with E-state index in [1.54, 1.807) is 19.9 Å². The molecule has 0 spiro atoms. The quantitative estimate of drug-likeness (QED) is 0.532. The number of sulfonamides is 1. The number of aromatic amines is 1. The average molecular weight is 493 g/mol. The Bertz CT molecular complexity index is 1170.